The van der Waals surface area contributed by atoms with Crippen molar-refractivity contribution < 1.29 is 22.0 Å². The van der Waals surface area contributed by atoms with Gasteiger partial charge in [-0.05, 0) is 23.8 Å². The summed E-state index contributed by atoms with van der Waals surface area (Å²) in [6.45, 7) is 2.19. The Morgan fingerprint density at radius 1 is 1.17 bits per heavy atom. The van der Waals surface area contributed by atoms with E-state index in [-0.39, 0.29) is 23.0 Å². The Kier molecular flexibility index (Phi) is 7.51. The maximum Gasteiger partial charge on any atom is 0.416 e. The summed E-state index contributed by atoms with van der Waals surface area (Å²) in [7, 11) is 0. The molecule has 1 aromatic carbocycles. The van der Waals surface area contributed by atoms with Gasteiger partial charge in [-0.15, -0.1) is 12.4 Å². The highest BCUT2D eigenvalue weighted by molar-refractivity contribution is 6.31. The molecule has 1 aliphatic heterocycles. The summed E-state index contributed by atoms with van der Waals surface area (Å²) in [5.41, 5.74) is -0.764. The van der Waals surface area contributed by atoms with Crippen LogP contribution in [0.4, 0.5) is 22.0 Å². The van der Waals surface area contributed by atoms with E-state index in [9.17, 15) is 22.0 Å². The molecule has 0 radical (unpaired) electrons. The predicted octanol–water partition coefficient (Wildman–Crippen LogP) is 4.38. The average Bonchev–Trinajstić information content (AvgIpc) is 2.45. The maximum absolute atomic E-state index is 12.9. The van der Waals surface area contributed by atoms with Crippen LogP contribution in [0.25, 0.3) is 0 Å². The van der Waals surface area contributed by atoms with E-state index >= 15 is 0 Å². The summed E-state index contributed by atoms with van der Waals surface area (Å²) in [6, 6.07) is 2.05. The van der Waals surface area contributed by atoms with Crippen LogP contribution in [0, 0.1) is 0 Å². The van der Waals surface area contributed by atoms with Crippen molar-refractivity contribution >= 4 is 24.0 Å². The second kappa shape index (κ2) is 8.46. The SMILES string of the molecule is Cl.FC(F)C[C@H](c1cc(C(F)(F)F)ccc1Cl)N1CCNCC1. The zero-order valence-corrected chi connectivity index (χ0v) is 13.6. The predicted molar refractivity (Wildman–Crippen MR) is 81.5 cm³/mol. The molecule has 1 aliphatic rings. The molecule has 1 atom stereocenters. The molecular weight excluding hydrogens is 362 g/mol. The lowest BCUT2D eigenvalue weighted by Gasteiger charge is -2.35. The second-order valence-electron chi connectivity index (χ2n) is 5.16. The van der Waals surface area contributed by atoms with Crippen molar-refractivity contribution in [2.24, 2.45) is 0 Å². The molecule has 0 unspecified atom stereocenters. The highest BCUT2D eigenvalue weighted by Crippen LogP contribution is 2.37. The summed E-state index contributed by atoms with van der Waals surface area (Å²) in [5, 5.41) is 3.16. The van der Waals surface area contributed by atoms with Crippen molar-refractivity contribution in [1.82, 2.24) is 10.2 Å². The highest BCUT2D eigenvalue weighted by Gasteiger charge is 2.33. The molecule has 0 spiro atoms. The second-order valence-corrected chi connectivity index (χ2v) is 5.57. The molecule has 2 rings (SSSR count). The smallest absolute Gasteiger partial charge is 0.314 e. The van der Waals surface area contributed by atoms with E-state index in [1.54, 1.807) is 4.90 Å². The van der Waals surface area contributed by atoms with Gasteiger partial charge in [0, 0.05) is 43.7 Å². The van der Waals surface area contributed by atoms with Gasteiger partial charge in [-0.1, -0.05) is 11.6 Å². The average molecular weight is 379 g/mol. The number of piperazine rings is 1. The lowest BCUT2D eigenvalue weighted by atomic mass is 9.98. The van der Waals surface area contributed by atoms with E-state index in [1.165, 1.54) is 0 Å². The van der Waals surface area contributed by atoms with Crippen molar-refractivity contribution in [2.45, 2.75) is 25.1 Å². The molecule has 1 saturated heterocycles. The summed E-state index contributed by atoms with van der Waals surface area (Å²) in [6.07, 6.45) is -7.69. The molecule has 9 heteroatoms. The summed E-state index contributed by atoms with van der Waals surface area (Å²) in [4.78, 5) is 1.75. The quantitative estimate of drug-likeness (QED) is 0.782. The molecule has 1 aromatic rings. The van der Waals surface area contributed by atoms with Crippen LogP contribution in [-0.4, -0.2) is 37.5 Å². The highest BCUT2D eigenvalue weighted by atomic mass is 35.5. The van der Waals surface area contributed by atoms with Gasteiger partial charge in [0.15, 0.2) is 0 Å². The Labute approximate surface area is 142 Å². The fourth-order valence-corrected chi connectivity index (χ4v) is 2.85. The van der Waals surface area contributed by atoms with Gasteiger partial charge in [0.2, 0.25) is 6.43 Å². The monoisotopic (exact) mass is 378 g/mol. The molecule has 0 amide bonds. The minimum atomic E-state index is -4.53. The molecule has 1 N–H and O–H groups in total. The number of alkyl halides is 5. The van der Waals surface area contributed by atoms with Crippen LogP contribution < -0.4 is 5.32 Å². The Balaban J connectivity index is 0.00000264. The van der Waals surface area contributed by atoms with Gasteiger partial charge in [0.25, 0.3) is 0 Å². The topological polar surface area (TPSA) is 15.3 Å². The van der Waals surface area contributed by atoms with Crippen molar-refractivity contribution in [1.29, 1.82) is 0 Å². The van der Waals surface area contributed by atoms with E-state index in [0.717, 1.165) is 18.2 Å². The van der Waals surface area contributed by atoms with Crippen LogP contribution in [0.2, 0.25) is 5.02 Å². The Morgan fingerprint density at radius 3 is 2.30 bits per heavy atom. The van der Waals surface area contributed by atoms with Gasteiger partial charge < -0.3 is 5.32 Å². The first kappa shape index (κ1) is 20.4. The van der Waals surface area contributed by atoms with Gasteiger partial charge in [-0.3, -0.25) is 4.90 Å². The Morgan fingerprint density at radius 2 is 1.78 bits per heavy atom. The standard InChI is InChI=1S/C14H16ClF5N2.ClH/c15-11-2-1-9(14(18,19)20)7-10(11)12(8-13(16)17)22-5-3-21-4-6-22;/h1-2,7,12-13,21H,3-6,8H2;1H/t12-;/m1./s1. The lowest BCUT2D eigenvalue weighted by molar-refractivity contribution is -0.137. The molecule has 2 nitrogen and oxygen atoms in total. The minimum Gasteiger partial charge on any atom is -0.314 e. The van der Waals surface area contributed by atoms with Gasteiger partial charge in [-0.2, -0.15) is 13.2 Å². The van der Waals surface area contributed by atoms with Crippen molar-refractivity contribution in [3.05, 3.63) is 34.3 Å². The van der Waals surface area contributed by atoms with Gasteiger partial charge >= 0.3 is 6.18 Å². The van der Waals surface area contributed by atoms with Crippen LogP contribution in [-0.2, 0) is 6.18 Å². The third kappa shape index (κ3) is 5.45. The largest absolute Gasteiger partial charge is 0.416 e. The van der Waals surface area contributed by atoms with E-state index < -0.39 is 30.6 Å². The van der Waals surface area contributed by atoms with Gasteiger partial charge in [0.1, 0.15) is 0 Å². The van der Waals surface area contributed by atoms with Crippen molar-refractivity contribution in [3.63, 3.8) is 0 Å². The van der Waals surface area contributed by atoms with Crippen LogP contribution in [0.15, 0.2) is 18.2 Å². The van der Waals surface area contributed by atoms with Gasteiger partial charge in [0.05, 0.1) is 5.56 Å². The van der Waals surface area contributed by atoms with E-state index in [0.29, 0.717) is 26.2 Å². The maximum atomic E-state index is 12.9. The summed E-state index contributed by atoms with van der Waals surface area (Å²) >= 11 is 5.99. The number of hydrogen-bond donors (Lipinski definition) is 1. The van der Waals surface area contributed by atoms with E-state index in [2.05, 4.69) is 5.32 Å². The molecular formula is C14H17Cl2F5N2. The molecule has 132 valence electrons. The molecule has 1 fully saturated rings. The fraction of sp³-hybridized carbons (Fsp3) is 0.571. The zero-order valence-electron chi connectivity index (χ0n) is 12.0. The Bertz CT molecular complexity index is 504. The van der Waals surface area contributed by atoms with Gasteiger partial charge in [-0.25, -0.2) is 8.78 Å². The third-order valence-electron chi connectivity index (χ3n) is 3.68. The normalized spacial score (nSPS) is 17.9. The first-order valence-corrected chi connectivity index (χ1v) is 7.26. The first-order valence-electron chi connectivity index (χ1n) is 6.88. The van der Waals surface area contributed by atoms with Crippen LogP contribution >= 0.6 is 24.0 Å². The van der Waals surface area contributed by atoms with Crippen molar-refractivity contribution in [2.75, 3.05) is 26.2 Å². The van der Waals surface area contributed by atoms with E-state index in [1.807, 2.05) is 0 Å². The van der Waals surface area contributed by atoms with Crippen LogP contribution in [0.3, 0.4) is 0 Å². The van der Waals surface area contributed by atoms with E-state index in [4.69, 9.17) is 11.6 Å². The number of nitrogens with zero attached hydrogens (tertiary/aromatic N) is 1. The molecule has 1 heterocycles. The number of benzene rings is 1. The third-order valence-corrected chi connectivity index (χ3v) is 4.02. The molecule has 0 aromatic heterocycles. The zero-order chi connectivity index (χ0) is 16.3. The summed E-state index contributed by atoms with van der Waals surface area (Å²) < 4.78 is 64.3. The van der Waals surface area contributed by atoms with Crippen LogP contribution in [0.1, 0.15) is 23.6 Å². The minimum absolute atomic E-state index is 0. The number of halogens is 7. The number of nitrogens with one attached hydrogen (secondary N) is 1. The molecule has 0 aliphatic carbocycles. The Hall–Kier alpha value is -0.630. The van der Waals surface area contributed by atoms with Crippen LogP contribution in [0.5, 0.6) is 0 Å². The molecule has 0 saturated carbocycles. The molecule has 23 heavy (non-hydrogen) atoms. The lowest BCUT2D eigenvalue weighted by Crippen LogP contribution is -2.45. The molecule has 0 bridgehead atoms. The van der Waals surface area contributed by atoms with Crippen molar-refractivity contribution in [3.8, 4) is 0 Å². The number of rotatable bonds is 4. The first-order chi connectivity index (χ1) is 10.3. The fourth-order valence-electron chi connectivity index (χ4n) is 2.61. The summed E-state index contributed by atoms with van der Waals surface area (Å²) in [5.74, 6) is 0. The number of hydrogen-bond acceptors (Lipinski definition) is 2.